The molecular formula is C9H12NO. The van der Waals surface area contributed by atoms with Gasteiger partial charge in [0.1, 0.15) is 5.75 Å². The van der Waals surface area contributed by atoms with Crippen LogP contribution in [0.3, 0.4) is 0 Å². The monoisotopic (exact) mass is 150 g/mol. The SMILES string of the molecule is C[N]CCc1cccc(O)c1. The van der Waals surface area contributed by atoms with Crippen LogP contribution >= 0.6 is 0 Å². The Balaban J connectivity index is 2.56. The lowest BCUT2D eigenvalue weighted by Crippen LogP contribution is -2.02. The summed E-state index contributed by atoms with van der Waals surface area (Å²) in [5.41, 5.74) is 1.13. The summed E-state index contributed by atoms with van der Waals surface area (Å²) < 4.78 is 0. The first-order valence-corrected chi connectivity index (χ1v) is 3.66. The molecule has 0 bridgehead atoms. The fourth-order valence-corrected chi connectivity index (χ4v) is 0.953. The van der Waals surface area contributed by atoms with Crippen molar-refractivity contribution in [2.45, 2.75) is 6.42 Å². The summed E-state index contributed by atoms with van der Waals surface area (Å²) in [5, 5.41) is 13.1. The Morgan fingerprint density at radius 2 is 2.27 bits per heavy atom. The Morgan fingerprint density at radius 1 is 1.45 bits per heavy atom. The number of phenolic OH excluding ortho intramolecular Hbond substituents is 1. The third kappa shape index (κ3) is 2.60. The molecule has 0 aliphatic rings. The minimum atomic E-state index is 0.332. The van der Waals surface area contributed by atoms with E-state index in [1.807, 2.05) is 12.1 Å². The first-order valence-electron chi connectivity index (χ1n) is 3.66. The highest BCUT2D eigenvalue weighted by molar-refractivity contribution is 5.27. The van der Waals surface area contributed by atoms with Gasteiger partial charge in [-0.1, -0.05) is 12.1 Å². The van der Waals surface area contributed by atoms with Gasteiger partial charge in [0.15, 0.2) is 0 Å². The van der Waals surface area contributed by atoms with Gasteiger partial charge in [0.05, 0.1) is 0 Å². The van der Waals surface area contributed by atoms with Crippen LogP contribution in [-0.4, -0.2) is 18.7 Å². The zero-order valence-electron chi connectivity index (χ0n) is 6.62. The van der Waals surface area contributed by atoms with Crippen LogP contribution in [0, 0.1) is 0 Å². The summed E-state index contributed by atoms with van der Waals surface area (Å²) in [6.07, 6.45) is 0.908. The van der Waals surface area contributed by atoms with Crippen molar-refractivity contribution in [3.05, 3.63) is 29.8 Å². The van der Waals surface area contributed by atoms with Crippen LogP contribution in [-0.2, 0) is 6.42 Å². The maximum absolute atomic E-state index is 9.08. The summed E-state index contributed by atoms with van der Waals surface area (Å²) in [6.45, 7) is 0.823. The van der Waals surface area contributed by atoms with Crippen LogP contribution in [0.25, 0.3) is 0 Å². The van der Waals surface area contributed by atoms with E-state index in [0.717, 1.165) is 18.5 Å². The van der Waals surface area contributed by atoms with E-state index in [9.17, 15) is 0 Å². The summed E-state index contributed by atoms with van der Waals surface area (Å²) in [6, 6.07) is 7.28. The van der Waals surface area contributed by atoms with E-state index in [2.05, 4.69) is 5.32 Å². The van der Waals surface area contributed by atoms with Crippen molar-refractivity contribution in [2.75, 3.05) is 13.6 Å². The molecule has 11 heavy (non-hydrogen) atoms. The van der Waals surface area contributed by atoms with Crippen molar-refractivity contribution < 1.29 is 5.11 Å². The molecular weight excluding hydrogens is 138 g/mol. The van der Waals surface area contributed by atoms with Crippen LogP contribution in [0.4, 0.5) is 0 Å². The number of rotatable bonds is 3. The van der Waals surface area contributed by atoms with Gasteiger partial charge >= 0.3 is 0 Å². The van der Waals surface area contributed by atoms with Crippen LogP contribution in [0.1, 0.15) is 5.56 Å². The number of likely N-dealkylation sites (N-methyl/N-ethyl adjacent to an activating group) is 1. The Morgan fingerprint density at radius 3 is 2.91 bits per heavy atom. The summed E-state index contributed by atoms with van der Waals surface area (Å²) in [5.74, 6) is 0.332. The topological polar surface area (TPSA) is 34.3 Å². The van der Waals surface area contributed by atoms with Gasteiger partial charge < -0.3 is 5.11 Å². The predicted octanol–water partition coefficient (Wildman–Crippen LogP) is 1.17. The minimum absolute atomic E-state index is 0.332. The number of nitrogens with zero attached hydrogens (tertiary/aromatic N) is 1. The van der Waals surface area contributed by atoms with Gasteiger partial charge in [0, 0.05) is 13.6 Å². The molecule has 0 aliphatic carbocycles. The predicted molar refractivity (Wildman–Crippen MR) is 44.7 cm³/mol. The number of hydrogen-bond acceptors (Lipinski definition) is 1. The molecule has 0 atom stereocenters. The first kappa shape index (κ1) is 8.08. The van der Waals surface area contributed by atoms with Crippen molar-refractivity contribution in [1.29, 1.82) is 0 Å². The lowest BCUT2D eigenvalue weighted by molar-refractivity contribution is 0.474. The molecule has 1 rings (SSSR count). The van der Waals surface area contributed by atoms with E-state index >= 15 is 0 Å². The standard InChI is InChI=1S/C9H12NO/c1-10-6-5-8-3-2-4-9(11)7-8/h2-4,7,11H,5-6H2,1H3. The van der Waals surface area contributed by atoms with Crippen LogP contribution in [0.15, 0.2) is 24.3 Å². The van der Waals surface area contributed by atoms with Gasteiger partial charge in [0.25, 0.3) is 0 Å². The van der Waals surface area contributed by atoms with Crippen molar-refractivity contribution in [2.24, 2.45) is 0 Å². The Bertz CT molecular complexity index is 223. The molecule has 0 aromatic heterocycles. The van der Waals surface area contributed by atoms with Gasteiger partial charge in [-0.15, -0.1) is 0 Å². The maximum atomic E-state index is 9.08. The summed E-state index contributed by atoms with van der Waals surface area (Å²) in [4.78, 5) is 0. The Hall–Kier alpha value is -1.02. The average molecular weight is 150 g/mol. The number of hydrogen-bond donors (Lipinski definition) is 1. The molecule has 2 nitrogen and oxygen atoms in total. The second-order valence-corrected chi connectivity index (χ2v) is 2.46. The number of benzene rings is 1. The van der Waals surface area contributed by atoms with E-state index < -0.39 is 0 Å². The molecule has 0 heterocycles. The van der Waals surface area contributed by atoms with E-state index in [1.165, 1.54) is 0 Å². The summed E-state index contributed by atoms with van der Waals surface area (Å²) in [7, 11) is 1.79. The first-order chi connectivity index (χ1) is 5.33. The van der Waals surface area contributed by atoms with Gasteiger partial charge in [-0.3, -0.25) is 0 Å². The molecule has 0 saturated heterocycles. The molecule has 0 aliphatic heterocycles. The molecule has 0 spiro atoms. The zero-order chi connectivity index (χ0) is 8.10. The van der Waals surface area contributed by atoms with E-state index in [0.29, 0.717) is 5.75 Å². The molecule has 1 aromatic carbocycles. The lowest BCUT2D eigenvalue weighted by Gasteiger charge is -1.99. The van der Waals surface area contributed by atoms with E-state index in [1.54, 1.807) is 19.2 Å². The zero-order valence-corrected chi connectivity index (χ0v) is 6.62. The molecule has 0 amide bonds. The van der Waals surface area contributed by atoms with E-state index in [-0.39, 0.29) is 0 Å². The second kappa shape index (κ2) is 3.98. The van der Waals surface area contributed by atoms with Gasteiger partial charge in [-0.05, 0) is 24.1 Å². The van der Waals surface area contributed by atoms with Crippen LogP contribution in [0.5, 0.6) is 5.75 Å². The molecule has 1 aromatic rings. The molecule has 0 unspecified atom stereocenters. The smallest absolute Gasteiger partial charge is 0.115 e. The van der Waals surface area contributed by atoms with Crippen molar-refractivity contribution in [3.8, 4) is 5.75 Å². The highest BCUT2D eigenvalue weighted by Crippen LogP contribution is 2.10. The molecule has 1 N–H and O–H groups in total. The highest BCUT2D eigenvalue weighted by atomic mass is 16.3. The molecule has 0 saturated carbocycles. The highest BCUT2D eigenvalue weighted by Gasteiger charge is 1.92. The summed E-state index contributed by atoms with van der Waals surface area (Å²) >= 11 is 0. The third-order valence-electron chi connectivity index (χ3n) is 1.53. The second-order valence-electron chi connectivity index (χ2n) is 2.46. The Labute approximate surface area is 66.9 Å². The number of aromatic hydroxyl groups is 1. The molecule has 1 radical (unpaired) electrons. The molecule has 59 valence electrons. The minimum Gasteiger partial charge on any atom is -0.508 e. The van der Waals surface area contributed by atoms with Crippen LogP contribution in [0.2, 0.25) is 0 Å². The van der Waals surface area contributed by atoms with Gasteiger partial charge in [-0.25, -0.2) is 5.32 Å². The maximum Gasteiger partial charge on any atom is 0.115 e. The quantitative estimate of drug-likeness (QED) is 0.689. The average Bonchev–Trinajstić information content (AvgIpc) is 2.01. The molecule has 0 fully saturated rings. The van der Waals surface area contributed by atoms with Crippen molar-refractivity contribution in [1.82, 2.24) is 5.32 Å². The largest absolute Gasteiger partial charge is 0.508 e. The fourth-order valence-electron chi connectivity index (χ4n) is 0.953. The normalized spacial score (nSPS) is 9.91. The van der Waals surface area contributed by atoms with Crippen LogP contribution < -0.4 is 5.32 Å². The number of phenols is 1. The van der Waals surface area contributed by atoms with Crippen molar-refractivity contribution >= 4 is 0 Å². The third-order valence-corrected chi connectivity index (χ3v) is 1.53. The van der Waals surface area contributed by atoms with E-state index in [4.69, 9.17) is 5.11 Å². The van der Waals surface area contributed by atoms with Gasteiger partial charge in [0.2, 0.25) is 0 Å². The van der Waals surface area contributed by atoms with Crippen molar-refractivity contribution in [3.63, 3.8) is 0 Å². The lowest BCUT2D eigenvalue weighted by atomic mass is 10.1. The van der Waals surface area contributed by atoms with Gasteiger partial charge in [-0.2, -0.15) is 0 Å². The fraction of sp³-hybridized carbons (Fsp3) is 0.333. The Kier molecular flexibility index (Phi) is 2.93. The molecule has 2 heteroatoms.